The van der Waals surface area contributed by atoms with E-state index in [1.807, 2.05) is 42.5 Å². The van der Waals surface area contributed by atoms with Crippen LogP contribution in [-0.4, -0.2) is 23.8 Å². The molecule has 0 radical (unpaired) electrons. The van der Waals surface area contributed by atoms with Crippen molar-refractivity contribution in [2.75, 3.05) is 6.54 Å². The van der Waals surface area contributed by atoms with E-state index in [4.69, 9.17) is 5.11 Å². The summed E-state index contributed by atoms with van der Waals surface area (Å²) in [6, 6.07) is 9.79. The maximum atomic E-state index is 10.7. The lowest BCUT2D eigenvalue weighted by molar-refractivity contribution is -0.131. The molecule has 0 saturated carbocycles. The third-order valence-corrected chi connectivity index (χ3v) is 2.77. The molecule has 0 aromatic heterocycles. The number of aliphatic imine (C=N–C) groups is 1. The van der Waals surface area contributed by atoms with E-state index in [0.29, 0.717) is 6.54 Å². The van der Waals surface area contributed by atoms with Crippen LogP contribution in [-0.2, 0) is 10.2 Å². The first-order chi connectivity index (χ1) is 8.23. The molecule has 1 atom stereocenters. The second kappa shape index (κ2) is 4.78. The Morgan fingerprint density at radius 1 is 1.35 bits per heavy atom. The van der Waals surface area contributed by atoms with E-state index in [9.17, 15) is 4.79 Å². The van der Waals surface area contributed by atoms with Crippen LogP contribution in [0.3, 0.4) is 0 Å². The van der Waals surface area contributed by atoms with E-state index in [0.717, 1.165) is 5.56 Å². The molecule has 1 heterocycles. The van der Waals surface area contributed by atoms with Gasteiger partial charge in [0.15, 0.2) is 0 Å². The molecule has 2 rings (SSSR count). The van der Waals surface area contributed by atoms with Gasteiger partial charge in [0.25, 0.3) is 0 Å². The second-order valence-electron chi connectivity index (χ2n) is 3.93. The molecular weight excluding hydrogens is 214 g/mol. The van der Waals surface area contributed by atoms with Gasteiger partial charge in [-0.1, -0.05) is 42.5 Å². The fraction of sp³-hybridized carbons (Fsp3) is 0.143. The topological polar surface area (TPSA) is 49.7 Å². The van der Waals surface area contributed by atoms with Crippen LogP contribution in [0.2, 0.25) is 0 Å². The van der Waals surface area contributed by atoms with Crippen molar-refractivity contribution in [3.63, 3.8) is 0 Å². The molecule has 0 bridgehead atoms. The quantitative estimate of drug-likeness (QED) is 0.805. The van der Waals surface area contributed by atoms with Crippen LogP contribution >= 0.6 is 0 Å². The number of carboxylic acids is 1. The lowest BCUT2D eigenvalue weighted by atomic mass is 9.79. The number of allylic oxidation sites excluding steroid dienone is 1. The Bertz CT molecular complexity index is 488. The number of hydrogen-bond acceptors (Lipinski definition) is 2. The Kier molecular flexibility index (Phi) is 3.19. The second-order valence-corrected chi connectivity index (χ2v) is 3.93. The zero-order valence-electron chi connectivity index (χ0n) is 9.28. The van der Waals surface area contributed by atoms with E-state index in [-0.39, 0.29) is 0 Å². The number of carbonyl (C=O) groups is 1. The van der Waals surface area contributed by atoms with Crippen LogP contribution in [0.1, 0.15) is 5.56 Å². The van der Waals surface area contributed by atoms with Crippen molar-refractivity contribution in [3.05, 3.63) is 60.2 Å². The SMILES string of the molecule is O=C(O)/C=C/C1(c2ccccc2)C=CC=NC1. The van der Waals surface area contributed by atoms with Gasteiger partial charge in [0, 0.05) is 12.3 Å². The van der Waals surface area contributed by atoms with Crippen LogP contribution in [0.4, 0.5) is 0 Å². The van der Waals surface area contributed by atoms with E-state index in [2.05, 4.69) is 4.99 Å². The molecule has 1 unspecified atom stereocenters. The molecule has 1 aliphatic heterocycles. The number of carboxylic acid groups (broad SMARTS) is 1. The Balaban J connectivity index is 2.41. The molecule has 17 heavy (non-hydrogen) atoms. The third-order valence-electron chi connectivity index (χ3n) is 2.77. The third kappa shape index (κ3) is 2.50. The molecular formula is C14H13NO2. The van der Waals surface area contributed by atoms with E-state index < -0.39 is 11.4 Å². The Hall–Kier alpha value is -2.16. The van der Waals surface area contributed by atoms with Crippen LogP contribution in [0, 0.1) is 0 Å². The van der Waals surface area contributed by atoms with E-state index in [1.54, 1.807) is 12.3 Å². The van der Waals surface area contributed by atoms with Gasteiger partial charge < -0.3 is 5.11 Å². The van der Waals surface area contributed by atoms with Gasteiger partial charge in [-0.3, -0.25) is 4.99 Å². The molecule has 0 amide bonds. The predicted molar refractivity (Wildman–Crippen MR) is 67.4 cm³/mol. The molecule has 3 nitrogen and oxygen atoms in total. The van der Waals surface area contributed by atoms with Crippen molar-refractivity contribution in [3.8, 4) is 0 Å². The van der Waals surface area contributed by atoms with Crippen molar-refractivity contribution in [2.45, 2.75) is 5.41 Å². The van der Waals surface area contributed by atoms with Crippen molar-refractivity contribution in [2.24, 2.45) is 4.99 Å². The van der Waals surface area contributed by atoms with E-state index >= 15 is 0 Å². The summed E-state index contributed by atoms with van der Waals surface area (Å²) in [6.07, 6.45) is 8.43. The van der Waals surface area contributed by atoms with Crippen LogP contribution in [0.15, 0.2) is 59.6 Å². The summed E-state index contributed by atoms with van der Waals surface area (Å²) < 4.78 is 0. The minimum Gasteiger partial charge on any atom is -0.478 e. The van der Waals surface area contributed by atoms with Gasteiger partial charge in [0.05, 0.1) is 12.0 Å². The minimum absolute atomic E-state index is 0.436. The average molecular weight is 227 g/mol. The highest BCUT2D eigenvalue weighted by Crippen LogP contribution is 2.29. The Labute approximate surface area is 99.8 Å². The number of dihydropyridines is 1. The predicted octanol–water partition coefficient (Wildman–Crippen LogP) is 2.21. The first kappa shape index (κ1) is 11.3. The summed E-state index contributed by atoms with van der Waals surface area (Å²) in [5.41, 5.74) is 0.611. The van der Waals surface area contributed by atoms with Crippen LogP contribution in [0.25, 0.3) is 0 Å². The van der Waals surface area contributed by atoms with Gasteiger partial charge in [0.2, 0.25) is 0 Å². The number of nitrogens with zero attached hydrogens (tertiary/aromatic N) is 1. The number of hydrogen-bond donors (Lipinski definition) is 1. The van der Waals surface area contributed by atoms with Gasteiger partial charge in [-0.25, -0.2) is 4.79 Å². The standard InChI is InChI=1S/C14H13NO2/c16-13(17)7-9-14(8-4-10-15-11-14)12-5-2-1-3-6-12/h1-10H,11H2,(H,16,17)/b9-7+. The van der Waals surface area contributed by atoms with Crippen molar-refractivity contribution < 1.29 is 9.90 Å². The van der Waals surface area contributed by atoms with Crippen molar-refractivity contribution >= 4 is 12.2 Å². The molecule has 1 N–H and O–H groups in total. The molecule has 0 spiro atoms. The molecule has 0 fully saturated rings. The van der Waals surface area contributed by atoms with Gasteiger partial charge in [-0.2, -0.15) is 0 Å². The normalized spacial score (nSPS) is 23.1. The largest absolute Gasteiger partial charge is 0.478 e. The molecule has 1 aromatic carbocycles. The Morgan fingerprint density at radius 2 is 2.12 bits per heavy atom. The number of rotatable bonds is 3. The highest BCUT2D eigenvalue weighted by Gasteiger charge is 2.27. The number of aliphatic carboxylic acids is 1. The van der Waals surface area contributed by atoms with Gasteiger partial charge in [-0.05, 0) is 11.6 Å². The molecule has 1 aliphatic rings. The van der Waals surface area contributed by atoms with Gasteiger partial charge in [-0.15, -0.1) is 0 Å². The van der Waals surface area contributed by atoms with Crippen LogP contribution < -0.4 is 0 Å². The molecule has 1 aromatic rings. The van der Waals surface area contributed by atoms with Crippen molar-refractivity contribution in [1.82, 2.24) is 0 Å². The lowest BCUT2D eigenvalue weighted by Crippen LogP contribution is -2.27. The zero-order chi connectivity index (χ0) is 12.1. The van der Waals surface area contributed by atoms with Gasteiger partial charge >= 0.3 is 5.97 Å². The highest BCUT2D eigenvalue weighted by atomic mass is 16.4. The first-order valence-electron chi connectivity index (χ1n) is 5.38. The summed E-state index contributed by atoms with van der Waals surface area (Å²) in [5, 5.41) is 8.76. The van der Waals surface area contributed by atoms with Crippen molar-refractivity contribution in [1.29, 1.82) is 0 Å². The van der Waals surface area contributed by atoms with E-state index in [1.165, 1.54) is 6.08 Å². The molecule has 3 heteroatoms. The van der Waals surface area contributed by atoms with Gasteiger partial charge in [0.1, 0.15) is 0 Å². The fourth-order valence-electron chi connectivity index (χ4n) is 1.89. The summed E-state index contributed by atoms with van der Waals surface area (Å²) in [4.78, 5) is 14.9. The van der Waals surface area contributed by atoms with Crippen LogP contribution in [0.5, 0.6) is 0 Å². The average Bonchev–Trinajstić information content (AvgIpc) is 2.39. The summed E-state index contributed by atoms with van der Waals surface area (Å²) in [7, 11) is 0. The smallest absolute Gasteiger partial charge is 0.328 e. The Morgan fingerprint density at radius 3 is 2.71 bits per heavy atom. The monoisotopic (exact) mass is 227 g/mol. The number of benzene rings is 1. The molecule has 86 valence electrons. The summed E-state index contributed by atoms with van der Waals surface area (Å²) in [6.45, 7) is 0.539. The molecule has 0 saturated heterocycles. The zero-order valence-corrected chi connectivity index (χ0v) is 9.28. The summed E-state index contributed by atoms with van der Waals surface area (Å²) >= 11 is 0. The molecule has 0 aliphatic carbocycles. The first-order valence-corrected chi connectivity index (χ1v) is 5.38. The maximum Gasteiger partial charge on any atom is 0.328 e. The highest BCUT2D eigenvalue weighted by molar-refractivity contribution is 5.81. The minimum atomic E-state index is -0.941. The fourth-order valence-corrected chi connectivity index (χ4v) is 1.89. The maximum absolute atomic E-state index is 10.7. The lowest BCUT2D eigenvalue weighted by Gasteiger charge is -2.27. The summed E-state index contributed by atoms with van der Waals surface area (Å²) in [5.74, 6) is -0.941.